The Labute approximate surface area is 180 Å². The maximum atomic E-state index is 10.3. The van der Waals surface area contributed by atoms with Crippen LogP contribution in [-0.2, 0) is 9.47 Å². The number of unbranched alkanes of at least 4 members (excludes halogenated alkanes) is 5. The molecule has 6 heteroatoms. The summed E-state index contributed by atoms with van der Waals surface area (Å²) < 4.78 is 12.4. The van der Waals surface area contributed by atoms with Gasteiger partial charge in [0.2, 0.25) is 11.7 Å². The van der Waals surface area contributed by atoms with Crippen molar-refractivity contribution in [2.24, 2.45) is 22.7 Å². The topological polar surface area (TPSA) is 114 Å². The molecule has 6 nitrogen and oxygen atoms in total. The molecule has 3 fully saturated rings. The van der Waals surface area contributed by atoms with E-state index in [9.17, 15) is 15.8 Å². The molecule has 30 heavy (non-hydrogen) atoms. The Morgan fingerprint density at radius 3 is 2.30 bits per heavy atom. The van der Waals surface area contributed by atoms with Gasteiger partial charge < -0.3 is 9.47 Å². The summed E-state index contributed by atoms with van der Waals surface area (Å²) in [5, 5.41) is 39.4. The molecular formula is C24H34N4O2. The first-order valence-corrected chi connectivity index (χ1v) is 11.7. The fraction of sp³-hybridized carbons (Fsp3) is 0.833. The fourth-order valence-corrected chi connectivity index (χ4v) is 6.07. The molecule has 2 bridgehead atoms. The third-order valence-electron chi connectivity index (χ3n) is 7.65. The van der Waals surface area contributed by atoms with Gasteiger partial charge in [-0.15, -0.1) is 0 Å². The van der Waals surface area contributed by atoms with Gasteiger partial charge in [0.25, 0.3) is 0 Å². The van der Waals surface area contributed by atoms with Crippen molar-refractivity contribution in [3.63, 3.8) is 0 Å². The largest absolute Gasteiger partial charge is 0.447 e. The molecular weight excluding hydrogens is 376 g/mol. The molecule has 5 atom stereocenters. The van der Waals surface area contributed by atoms with E-state index in [1.54, 1.807) is 0 Å². The van der Waals surface area contributed by atoms with E-state index in [1.165, 1.54) is 19.3 Å². The first-order chi connectivity index (χ1) is 14.5. The Hall–Kier alpha value is -2.10. The van der Waals surface area contributed by atoms with Gasteiger partial charge in [-0.1, -0.05) is 65.2 Å². The predicted molar refractivity (Wildman–Crippen MR) is 112 cm³/mol. The van der Waals surface area contributed by atoms with E-state index in [1.807, 2.05) is 0 Å². The highest BCUT2D eigenvalue weighted by Crippen LogP contribution is 2.67. The second-order valence-corrected chi connectivity index (χ2v) is 9.34. The lowest BCUT2D eigenvalue weighted by atomic mass is 9.50. The van der Waals surface area contributed by atoms with Gasteiger partial charge >= 0.3 is 0 Å². The van der Waals surface area contributed by atoms with Crippen LogP contribution in [0.3, 0.4) is 0 Å². The van der Waals surface area contributed by atoms with Gasteiger partial charge in [0.1, 0.15) is 0 Å². The van der Waals surface area contributed by atoms with Crippen LogP contribution in [0.1, 0.15) is 90.9 Å². The van der Waals surface area contributed by atoms with Crippen LogP contribution < -0.4 is 0 Å². The number of nitrogens with one attached hydrogen (secondary N) is 1. The summed E-state index contributed by atoms with van der Waals surface area (Å²) in [5.41, 5.74) is -3.25. The van der Waals surface area contributed by atoms with Crippen LogP contribution in [0.4, 0.5) is 0 Å². The molecule has 1 saturated carbocycles. The highest BCUT2D eigenvalue weighted by molar-refractivity contribution is 5.89. The summed E-state index contributed by atoms with van der Waals surface area (Å²) in [6, 6.07) is 6.63. The van der Waals surface area contributed by atoms with E-state index in [0.29, 0.717) is 25.2 Å². The summed E-state index contributed by atoms with van der Waals surface area (Å²) in [4.78, 5) is 0. The number of nitriles is 3. The first-order valence-electron chi connectivity index (χ1n) is 11.7. The lowest BCUT2D eigenvalue weighted by Gasteiger charge is -2.52. The van der Waals surface area contributed by atoms with Crippen molar-refractivity contribution >= 4 is 5.90 Å². The molecule has 3 aliphatic rings. The zero-order valence-electron chi connectivity index (χ0n) is 18.4. The summed E-state index contributed by atoms with van der Waals surface area (Å²) >= 11 is 0. The molecule has 1 aliphatic carbocycles. The van der Waals surface area contributed by atoms with Crippen LogP contribution in [0.2, 0.25) is 0 Å². The minimum atomic E-state index is -1.71. The molecule has 5 unspecified atom stereocenters. The Morgan fingerprint density at radius 2 is 1.67 bits per heavy atom. The monoisotopic (exact) mass is 410 g/mol. The number of rotatable bonds is 9. The van der Waals surface area contributed by atoms with Crippen molar-refractivity contribution in [3.05, 3.63) is 0 Å². The van der Waals surface area contributed by atoms with Gasteiger partial charge in [-0.3, -0.25) is 5.41 Å². The van der Waals surface area contributed by atoms with Crippen LogP contribution in [0.25, 0.3) is 0 Å². The lowest BCUT2D eigenvalue weighted by Crippen LogP contribution is -2.64. The van der Waals surface area contributed by atoms with Crippen molar-refractivity contribution in [3.8, 4) is 18.2 Å². The van der Waals surface area contributed by atoms with Crippen molar-refractivity contribution in [1.29, 1.82) is 21.2 Å². The molecule has 0 spiro atoms. The Balaban J connectivity index is 1.91. The second kappa shape index (κ2) is 8.95. The van der Waals surface area contributed by atoms with Crippen LogP contribution in [0, 0.1) is 62.1 Å². The van der Waals surface area contributed by atoms with Crippen molar-refractivity contribution < 1.29 is 9.47 Å². The molecule has 0 amide bonds. The lowest BCUT2D eigenvalue weighted by molar-refractivity contribution is -0.297. The first kappa shape index (κ1) is 22.6. The maximum Gasteiger partial charge on any atom is 0.217 e. The summed E-state index contributed by atoms with van der Waals surface area (Å²) in [6.07, 6.45) is 10.7. The normalized spacial score (nSPS) is 36.1. The average Bonchev–Trinajstić information content (AvgIpc) is 2.95. The standard InChI is InChI=1S/C24H34N4O2/c1-3-5-6-7-8-9-11-20-22(15-25,16-26)23(17-27)19-14-18(10-4-2)12-13-24(19,29-20)30-21(23)28/h18-20,28H,3-14H2,1-2H3. The third-order valence-corrected chi connectivity index (χ3v) is 7.65. The van der Waals surface area contributed by atoms with Gasteiger partial charge in [-0.2, -0.15) is 15.8 Å². The zero-order valence-corrected chi connectivity index (χ0v) is 18.4. The van der Waals surface area contributed by atoms with Crippen molar-refractivity contribution in [2.45, 2.75) is 103 Å². The van der Waals surface area contributed by atoms with E-state index < -0.39 is 28.6 Å². The van der Waals surface area contributed by atoms with Crippen molar-refractivity contribution in [2.75, 3.05) is 0 Å². The molecule has 2 heterocycles. The SMILES string of the molecule is CCCCCCCCC1OC23CCC(CCC)CC2C(C#N)(C(=N)O3)C1(C#N)C#N. The van der Waals surface area contributed by atoms with Gasteiger partial charge in [0, 0.05) is 6.42 Å². The Bertz CT molecular complexity index is 762. The average molecular weight is 411 g/mol. The highest BCUT2D eigenvalue weighted by Gasteiger charge is 2.80. The second-order valence-electron chi connectivity index (χ2n) is 9.34. The summed E-state index contributed by atoms with van der Waals surface area (Å²) in [7, 11) is 0. The summed E-state index contributed by atoms with van der Waals surface area (Å²) in [5.74, 6) is -1.29. The number of hydrogen-bond acceptors (Lipinski definition) is 6. The van der Waals surface area contributed by atoms with E-state index in [0.717, 1.165) is 38.5 Å². The molecule has 3 rings (SSSR count). The van der Waals surface area contributed by atoms with E-state index in [2.05, 4.69) is 32.1 Å². The van der Waals surface area contributed by atoms with Gasteiger partial charge in [-0.25, -0.2) is 0 Å². The Kier molecular flexibility index (Phi) is 6.74. The molecule has 0 radical (unpaired) electrons. The molecule has 2 aliphatic heterocycles. The van der Waals surface area contributed by atoms with E-state index in [4.69, 9.17) is 14.9 Å². The van der Waals surface area contributed by atoms with E-state index >= 15 is 0 Å². The number of ether oxygens (including phenoxy) is 2. The van der Waals surface area contributed by atoms with Crippen LogP contribution >= 0.6 is 0 Å². The van der Waals surface area contributed by atoms with Gasteiger partial charge in [-0.05, 0) is 25.2 Å². The van der Waals surface area contributed by atoms with Crippen LogP contribution in [0.15, 0.2) is 0 Å². The fourth-order valence-electron chi connectivity index (χ4n) is 6.07. The summed E-state index contributed by atoms with van der Waals surface area (Å²) in [6.45, 7) is 4.32. The Morgan fingerprint density at radius 1 is 0.967 bits per heavy atom. The third kappa shape index (κ3) is 3.19. The molecule has 0 aromatic carbocycles. The smallest absolute Gasteiger partial charge is 0.217 e. The van der Waals surface area contributed by atoms with Gasteiger partial charge in [0.05, 0.1) is 30.2 Å². The van der Waals surface area contributed by atoms with Crippen LogP contribution in [-0.4, -0.2) is 17.8 Å². The highest BCUT2D eigenvalue weighted by atomic mass is 16.7. The van der Waals surface area contributed by atoms with E-state index in [-0.39, 0.29) is 5.90 Å². The van der Waals surface area contributed by atoms with Crippen LogP contribution in [0.5, 0.6) is 0 Å². The molecule has 2 saturated heterocycles. The minimum Gasteiger partial charge on any atom is -0.447 e. The number of hydrogen-bond donors (Lipinski definition) is 1. The predicted octanol–water partition coefficient (Wildman–Crippen LogP) is 5.60. The maximum absolute atomic E-state index is 10.3. The zero-order chi connectivity index (χ0) is 21.8. The molecule has 1 N–H and O–H groups in total. The number of nitrogens with zero attached hydrogens (tertiary/aromatic N) is 3. The minimum absolute atomic E-state index is 0.235. The van der Waals surface area contributed by atoms with Gasteiger partial charge in [0.15, 0.2) is 10.8 Å². The molecule has 0 aromatic heterocycles. The molecule has 0 aromatic rings. The molecule has 162 valence electrons. The quantitative estimate of drug-likeness (QED) is 0.497. The van der Waals surface area contributed by atoms with Crippen molar-refractivity contribution in [1.82, 2.24) is 0 Å².